The Balaban J connectivity index is 1.14. The molecule has 7 aliphatic rings. The summed E-state index contributed by atoms with van der Waals surface area (Å²) in [7, 11) is 0. The maximum atomic E-state index is 14.9. The quantitative estimate of drug-likeness (QED) is 0.231. The second-order valence-electron chi connectivity index (χ2n) is 20.8. The van der Waals surface area contributed by atoms with E-state index in [0.717, 1.165) is 70.9 Å². The molecule has 1 aliphatic heterocycles. The molecule has 50 heavy (non-hydrogen) atoms. The summed E-state index contributed by atoms with van der Waals surface area (Å²) in [6.07, 6.45) is 15.2. The molecule has 6 saturated carbocycles. The molecule has 0 aromatic carbocycles. The number of allylic oxidation sites excluding steroid dienone is 1. The Morgan fingerprint density at radius 2 is 1.44 bits per heavy atom. The van der Waals surface area contributed by atoms with Crippen LogP contribution in [0, 0.1) is 68.0 Å². The van der Waals surface area contributed by atoms with Crippen LogP contribution in [0.1, 0.15) is 152 Å². The van der Waals surface area contributed by atoms with E-state index in [-0.39, 0.29) is 62.4 Å². The fourth-order valence-electron chi connectivity index (χ4n) is 15.1. The molecular weight excluding hydrogens is 620 g/mol. The first-order chi connectivity index (χ1) is 23.3. The molecule has 12 atom stereocenters. The lowest BCUT2D eigenvalue weighted by Crippen LogP contribution is -2.68. The van der Waals surface area contributed by atoms with Crippen LogP contribution in [0.25, 0.3) is 0 Å². The molecule has 0 radical (unpaired) electrons. The molecule has 1 N–H and O–H groups in total. The van der Waals surface area contributed by atoms with Crippen LogP contribution in [0.2, 0.25) is 0 Å². The molecule has 1 heterocycles. The number of piperidine rings is 1. The summed E-state index contributed by atoms with van der Waals surface area (Å²) in [6.45, 7) is 27.2. The van der Waals surface area contributed by atoms with Crippen LogP contribution in [-0.2, 0) is 19.1 Å². The Morgan fingerprint density at radius 3 is 2.08 bits per heavy atom. The number of fused-ring (bicyclic) bond motifs is 7. The summed E-state index contributed by atoms with van der Waals surface area (Å²) in [4.78, 5) is 42.7. The predicted molar refractivity (Wildman–Crippen MR) is 199 cm³/mol. The summed E-state index contributed by atoms with van der Waals surface area (Å²) in [6, 6.07) is 0.0508. The molecule has 280 valence electrons. The van der Waals surface area contributed by atoms with Crippen molar-refractivity contribution < 1.29 is 19.1 Å². The van der Waals surface area contributed by atoms with E-state index in [2.05, 4.69) is 72.2 Å². The maximum absolute atomic E-state index is 14.9. The van der Waals surface area contributed by atoms with Crippen LogP contribution in [0.4, 0.5) is 0 Å². The van der Waals surface area contributed by atoms with Crippen LogP contribution in [0.5, 0.6) is 0 Å². The third-order valence-corrected chi connectivity index (χ3v) is 18.3. The lowest BCUT2D eigenvalue weighted by atomic mass is 9.32. The summed E-state index contributed by atoms with van der Waals surface area (Å²) in [5.41, 5.74) is 1.23. The molecule has 6 aliphatic carbocycles. The van der Waals surface area contributed by atoms with Crippen molar-refractivity contribution in [1.29, 1.82) is 0 Å². The van der Waals surface area contributed by atoms with Crippen molar-refractivity contribution in [2.45, 2.75) is 164 Å². The number of nitrogens with zero attached hydrogens (tertiary/aromatic N) is 1. The van der Waals surface area contributed by atoms with E-state index in [4.69, 9.17) is 4.74 Å². The van der Waals surface area contributed by atoms with Crippen LogP contribution in [0.15, 0.2) is 12.2 Å². The molecule has 0 spiro atoms. The van der Waals surface area contributed by atoms with Gasteiger partial charge < -0.3 is 15.0 Å². The fourth-order valence-corrected chi connectivity index (χ4v) is 15.1. The van der Waals surface area contributed by atoms with E-state index < -0.39 is 0 Å². The first-order valence-electron chi connectivity index (χ1n) is 20.8. The number of hydrogen-bond acceptors (Lipinski definition) is 4. The van der Waals surface area contributed by atoms with Gasteiger partial charge in [-0.2, -0.15) is 0 Å². The maximum Gasteiger partial charge on any atom is 0.302 e. The molecule has 2 amide bonds. The van der Waals surface area contributed by atoms with Gasteiger partial charge in [-0.25, -0.2) is 0 Å². The summed E-state index contributed by atoms with van der Waals surface area (Å²) < 4.78 is 5.98. The van der Waals surface area contributed by atoms with E-state index in [9.17, 15) is 14.4 Å². The molecule has 0 unspecified atom stereocenters. The van der Waals surface area contributed by atoms with E-state index in [0.29, 0.717) is 35.5 Å². The minimum Gasteiger partial charge on any atom is -0.462 e. The average Bonchev–Trinajstić information content (AvgIpc) is 3.46. The topological polar surface area (TPSA) is 75.7 Å². The highest BCUT2D eigenvalue weighted by atomic mass is 16.5. The number of hydrogen-bond donors (Lipinski definition) is 1. The number of nitrogens with one attached hydrogen (secondary N) is 1. The normalized spacial score (nSPS) is 47.3. The van der Waals surface area contributed by atoms with Crippen LogP contribution in [0.3, 0.4) is 0 Å². The van der Waals surface area contributed by atoms with Crippen LogP contribution >= 0.6 is 0 Å². The van der Waals surface area contributed by atoms with E-state index >= 15 is 0 Å². The minimum atomic E-state index is -0.347. The van der Waals surface area contributed by atoms with Crippen molar-refractivity contribution in [2.24, 2.45) is 68.0 Å². The van der Waals surface area contributed by atoms with Crippen molar-refractivity contribution in [3.05, 3.63) is 12.2 Å². The van der Waals surface area contributed by atoms with Gasteiger partial charge >= 0.3 is 5.97 Å². The molecular formula is C44H70N2O4. The molecule has 0 aromatic rings. The van der Waals surface area contributed by atoms with Gasteiger partial charge in [0.25, 0.3) is 0 Å². The highest BCUT2D eigenvalue weighted by Crippen LogP contribution is 2.77. The predicted octanol–water partition coefficient (Wildman–Crippen LogP) is 9.12. The number of esters is 1. The Labute approximate surface area is 304 Å². The lowest BCUT2D eigenvalue weighted by Gasteiger charge is -2.73. The molecule has 1 saturated heterocycles. The molecule has 7 fully saturated rings. The number of carbonyl (C=O) groups excluding carboxylic acids is 3. The summed E-state index contributed by atoms with van der Waals surface area (Å²) in [5, 5.41) is 3.65. The van der Waals surface area contributed by atoms with Gasteiger partial charge in [0.15, 0.2) is 0 Å². The van der Waals surface area contributed by atoms with Gasteiger partial charge in [-0.15, -0.1) is 0 Å². The van der Waals surface area contributed by atoms with Gasteiger partial charge in [-0.3, -0.25) is 14.4 Å². The fraction of sp³-hybridized carbons (Fsp3) is 0.886. The highest BCUT2D eigenvalue weighted by molar-refractivity contribution is 5.86. The van der Waals surface area contributed by atoms with Crippen molar-refractivity contribution in [1.82, 2.24) is 10.2 Å². The van der Waals surface area contributed by atoms with Gasteiger partial charge in [-0.05, 0) is 148 Å². The number of rotatable bonds is 5. The second kappa shape index (κ2) is 12.1. The first-order valence-corrected chi connectivity index (χ1v) is 20.8. The standard InChI is InChI=1S/C44H70N2O4/c1-27(2)29-16-21-44(38(49)45-34-26-31(39(34,4)5)37(48)46-24-12-11-13-25-46)23-22-42(9)30(36(29)44)14-15-33-41(8)19-18-35(50-28(3)47)40(6,7)32(41)17-20-43(33,42)10/h29-36H,1,11-26H2,2-10H3,(H,45,49)/t29-,30+,31-,32-,33+,34-,35-,36+,41-,42+,43+,44-/m0/s1. The summed E-state index contributed by atoms with van der Waals surface area (Å²) in [5.74, 6) is 2.82. The Bertz CT molecular complexity index is 1410. The van der Waals surface area contributed by atoms with Gasteiger partial charge in [0.2, 0.25) is 11.8 Å². The third kappa shape index (κ3) is 5.00. The van der Waals surface area contributed by atoms with Gasteiger partial charge in [0.05, 0.1) is 5.41 Å². The molecule has 6 heteroatoms. The number of likely N-dealkylation sites (tertiary alicyclic amines) is 1. The first kappa shape index (κ1) is 36.5. The smallest absolute Gasteiger partial charge is 0.302 e. The monoisotopic (exact) mass is 691 g/mol. The van der Waals surface area contributed by atoms with Crippen molar-refractivity contribution in [2.75, 3.05) is 13.1 Å². The van der Waals surface area contributed by atoms with Crippen LogP contribution in [-0.4, -0.2) is 47.9 Å². The molecule has 0 bridgehead atoms. The Morgan fingerprint density at radius 1 is 0.740 bits per heavy atom. The molecule has 6 nitrogen and oxygen atoms in total. The van der Waals surface area contributed by atoms with E-state index in [1.807, 2.05) is 0 Å². The largest absolute Gasteiger partial charge is 0.462 e. The highest BCUT2D eigenvalue weighted by Gasteiger charge is 2.72. The van der Waals surface area contributed by atoms with Gasteiger partial charge in [-0.1, -0.05) is 60.6 Å². The van der Waals surface area contributed by atoms with Crippen molar-refractivity contribution in [3.63, 3.8) is 0 Å². The third-order valence-electron chi connectivity index (χ3n) is 18.3. The number of ether oxygens (including phenoxy) is 1. The Kier molecular flexibility index (Phi) is 8.82. The van der Waals surface area contributed by atoms with Crippen LogP contribution < -0.4 is 5.32 Å². The van der Waals surface area contributed by atoms with Crippen molar-refractivity contribution >= 4 is 17.8 Å². The lowest BCUT2D eigenvalue weighted by molar-refractivity contribution is -0.249. The average molecular weight is 691 g/mol. The zero-order chi connectivity index (χ0) is 36.2. The number of carbonyl (C=O) groups is 3. The summed E-state index contributed by atoms with van der Waals surface area (Å²) >= 11 is 0. The van der Waals surface area contributed by atoms with Gasteiger partial charge in [0.1, 0.15) is 6.10 Å². The minimum absolute atomic E-state index is 0.00128. The number of amides is 2. The van der Waals surface area contributed by atoms with E-state index in [1.165, 1.54) is 37.7 Å². The zero-order valence-corrected chi connectivity index (χ0v) is 33.2. The van der Waals surface area contributed by atoms with E-state index in [1.54, 1.807) is 6.92 Å². The SMILES string of the molecule is C=C(C)[C@@H]1CC[C@]2(C(=O)N[C@H]3C[C@@H](C(=O)N4CCCCC4)C3(C)C)CC[C@]3(C)[C@H](CC[C@@H]4[C@@]5(C)CC[C@H](OC(C)=O)C(C)(C)[C@@H]5CC[C@]43C)[C@@H]12. The molecule has 7 rings (SSSR count). The second-order valence-corrected chi connectivity index (χ2v) is 20.8. The zero-order valence-electron chi connectivity index (χ0n) is 33.2. The Hall–Kier alpha value is -1.85. The molecule has 0 aromatic heterocycles. The van der Waals surface area contributed by atoms with Gasteiger partial charge in [0, 0.05) is 37.4 Å². The van der Waals surface area contributed by atoms with Crippen molar-refractivity contribution in [3.8, 4) is 0 Å².